The molecule has 0 bridgehead atoms. The molecule has 1 aliphatic rings. The summed E-state index contributed by atoms with van der Waals surface area (Å²) in [7, 11) is 0. The van der Waals surface area contributed by atoms with Gasteiger partial charge in [-0.3, -0.25) is 9.59 Å². The molecule has 17 heavy (non-hydrogen) atoms. The number of carboxylic acid groups (broad SMARTS) is 1. The van der Waals surface area contributed by atoms with Crippen LogP contribution in [0.1, 0.15) is 39.0 Å². The summed E-state index contributed by atoms with van der Waals surface area (Å²) < 4.78 is 0. The maximum Gasteiger partial charge on any atom is 0.311 e. The van der Waals surface area contributed by atoms with Crippen LogP contribution in [0.4, 0.5) is 0 Å². The van der Waals surface area contributed by atoms with Gasteiger partial charge in [-0.15, -0.1) is 0 Å². The molecule has 0 radical (unpaired) electrons. The second-order valence-corrected chi connectivity index (χ2v) is 5.11. The first kappa shape index (κ1) is 14.0. The lowest BCUT2D eigenvalue weighted by molar-refractivity contribution is -0.148. The highest BCUT2D eigenvalue weighted by Gasteiger charge is 2.41. The number of carbonyl (C=O) groups is 2. The SMILES string of the molecule is CC(CN)CC(=O)NCC1(C(=O)O)CCCC1. The first-order valence-electron chi connectivity index (χ1n) is 6.20. The van der Waals surface area contributed by atoms with Gasteiger partial charge in [-0.05, 0) is 25.3 Å². The summed E-state index contributed by atoms with van der Waals surface area (Å²) in [6.45, 7) is 2.62. The van der Waals surface area contributed by atoms with Gasteiger partial charge in [0.15, 0.2) is 0 Å². The Morgan fingerprint density at radius 1 is 1.41 bits per heavy atom. The molecule has 4 N–H and O–H groups in total. The standard InChI is InChI=1S/C12H22N2O3/c1-9(7-13)6-10(15)14-8-12(11(16)17)4-2-3-5-12/h9H,2-8,13H2,1H3,(H,14,15)(H,16,17). The van der Waals surface area contributed by atoms with Gasteiger partial charge in [0.1, 0.15) is 0 Å². The molecule has 0 aromatic carbocycles. The molecule has 0 heterocycles. The smallest absolute Gasteiger partial charge is 0.311 e. The minimum Gasteiger partial charge on any atom is -0.481 e. The largest absolute Gasteiger partial charge is 0.481 e. The predicted molar refractivity (Wildman–Crippen MR) is 64.4 cm³/mol. The third-order valence-corrected chi connectivity index (χ3v) is 3.57. The molecule has 0 aliphatic heterocycles. The normalized spacial score (nSPS) is 19.9. The van der Waals surface area contributed by atoms with Gasteiger partial charge in [0, 0.05) is 13.0 Å². The molecule has 1 aliphatic carbocycles. The highest BCUT2D eigenvalue weighted by atomic mass is 16.4. The molecule has 1 rings (SSSR count). The van der Waals surface area contributed by atoms with E-state index in [1.807, 2.05) is 6.92 Å². The molecule has 1 atom stereocenters. The summed E-state index contributed by atoms with van der Waals surface area (Å²) in [4.78, 5) is 22.8. The van der Waals surface area contributed by atoms with Gasteiger partial charge < -0.3 is 16.2 Å². The number of hydrogen-bond donors (Lipinski definition) is 3. The van der Waals surface area contributed by atoms with Crippen LogP contribution in [0.5, 0.6) is 0 Å². The Hall–Kier alpha value is -1.10. The van der Waals surface area contributed by atoms with Crippen LogP contribution in [0.15, 0.2) is 0 Å². The summed E-state index contributed by atoms with van der Waals surface area (Å²) in [5.41, 5.74) is 4.70. The number of nitrogens with one attached hydrogen (secondary N) is 1. The quantitative estimate of drug-likeness (QED) is 0.640. The Labute approximate surface area is 102 Å². The molecule has 98 valence electrons. The summed E-state index contributed by atoms with van der Waals surface area (Å²) in [6.07, 6.45) is 3.55. The lowest BCUT2D eigenvalue weighted by atomic mass is 9.86. The van der Waals surface area contributed by atoms with Crippen LogP contribution in [0, 0.1) is 11.3 Å². The first-order valence-corrected chi connectivity index (χ1v) is 6.20. The van der Waals surface area contributed by atoms with Gasteiger partial charge in [0.2, 0.25) is 5.91 Å². The number of nitrogens with two attached hydrogens (primary N) is 1. The van der Waals surface area contributed by atoms with Crippen molar-refractivity contribution >= 4 is 11.9 Å². The monoisotopic (exact) mass is 242 g/mol. The third kappa shape index (κ3) is 3.70. The average molecular weight is 242 g/mol. The van der Waals surface area contributed by atoms with E-state index in [1.165, 1.54) is 0 Å². The van der Waals surface area contributed by atoms with Gasteiger partial charge >= 0.3 is 5.97 Å². The van der Waals surface area contributed by atoms with E-state index in [-0.39, 0.29) is 18.4 Å². The molecule has 0 aromatic heterocycles. The maximum atomic E-state index is 11.6. The highest BCUT2D eigenvalue weighted by molar-refractivity contribution is 5.79. The van der Waals surface area contributed by atoms with E-state index in [2.05, 4.69) is 5.32 Å². The topological polar surface area (TPSA) is 92.4 Å². The Morgan fingerprint density at radius 2 is 2.00 bits per heavy atom. The predicted octanol–water partition coefficient (Wildman–Crippen LogP) is 0.733. The zero-order valence-electron chi connectivity index (χ0n) is 10.4. The van der Waals surface area contributed by atoms with E-state index < -0.39 is 11.4 Å². The van der Waals surface area contributed by atoms with Gasteiger partial charge in [0.25, 0.3) is 0 Å². The van der Waals surface area contributed by atoms with Crippen molar-refractivity contribution in [2.75, 3.05) is 13.1 Å². The Balaban J connectivity index is 2.42. The van der Waals surface area contributed by atoms with Crippen LogP contribution in [-0.4, -0.2) is 30.1 Å². The van der Waals surface area contributed by atoms with Crippen molar-refractivity contribution in [3.05, 3.63) is 0 Å². The van der Waals surface area contributed by atoms with E-state index in [9.17, 15) is 14.7 Å². The van der Waals surface area contributed by atoms with Crippen LogP contribution < -0.4 is 11.1 Å². The van der Waals surface area contributed by atoms with E-state index in [4.69, 9.17) is 5.73 Å². The third-order valence-electron chi connectivity index (χ3n) is 3.57. The fourth-order valence-electron chi connectivity index (χ4n) is 2.26. The number of carbonyl (C=O) groups excluding carboxylic acids is 1. The number of rotatable bonds is 6. The molecule has 1 unspecified atom stereocenters. The van der Waals surface area contributed by atoms with Crippen molar-refractivity contribution in [2.45, 2.75) is 39.0 Å². The van der Waals surface area contributed by atoms with Crippen molar-refractivity contribution in [1.82, 2.24) is 5.32 Å². The fraction of sp³-hybridized carbons (Fsp3) is 0.833. The highest BCUT2D eigenvalue weighted by Crippen LogP contribution is 2.37. The summed E-state index contributed by atoms with van der Waals surface area (Å²) in [6, 6.07) is 0. The van der Waals surface area contributed by atoms with Gasteiger partial charge in [0.05, 0.1) is 5.41 Å². The zero-order chi connectivity index (χ0) is 12.9. The average Bonchev–Trinajstić information content (AvgIpc) is 2.76. The molecule has 1 amide bonds. The van der Waals surface area contributed by atoms with Crippen LogP contribution in [0.3, 0.4) is 0 Å². The molecule has 5 nitrogen and oxygen atoms in total. The van der Waals surface area contributed by atoms with Crippen LogP contribution in [-0.2, 0) is 9.59 Å². The number of hydrogen-bond acceptors (Lipinski definition) is 3. The van der Waals surface area contributed by atoms with Crippen molar-refractivity contribution in [1.29, 1.82) is 0 Å². The van der Waals surface area contributed by atoms with Gasteiger partial charge in [-0.25, -0.2) is 0 Å². The van der Waals surface area contributed by atoms with Gasteiger partial charge in [-0.2, -0.15) is 0 Å². The molecular formula is C12H22N2O3. The van der Waals surface area contributed by atoms with Crippen molar-refractivity contribution in [3.63, 3.8) is 0 Å². The fourth-order valence-corrected chi connectivity index (χ4v) is 2.26. The van der Waals surface area contributed by atoms with Crippen molar-refractivity contribution in [3.8, 4) is 0 Å². The van der Waals surface area contributed by atoms with E-state index in [1.54, 1.807) is 0 Å². The van der Waals surface area contributed by atoms with Crippen LogP contribution in [0.2, 0.25) is 0 Å². The number of aliphatic carboxylic acids is 1. The molecule has 0 saturated heterocycles. The number of amides is 1. The lowest BCUT2D eigenvalue weighted by Gasteiger charge is -2.24. The summed E-state index contributed by atoms with van der Waals surface area (Å²) in [5.74, 6) is -0.753. The Bertz CT molecular complexity index is 285. The molecule has 1 saturated carbocycles. The van der Waals surface area contributed by atoms with Gasteiger partial charge in [-0.1, -0.05) is 19.8 Å². The molecule has 1 fully saturated rings. The molecule has 0 aromatic rings. The van der Waals surface area contributed by atoms with E-state index >= 15 is 0 Å². The van der Waals surface area contributed by atoms with Crippen molar-refractivity contribution < 1.29 is 14.7 Å². The molecule has 0 spiro atoms. The second kappa shape index (κ2) is 6.00. The number of carboxylic acids is 1. The van der Waals surface area contributed by atoms with E-state index in [0.29, 0.717) is 25.8 Å². The lowest BCUT2D eigenvalue weighted by Crippen LogP contribution is -2.41. The molecular weight excluding hydrogens is 220 g/mol. The van der Waals surface area contributed by atoms with E-state index in [0.717, 1.165) is 12.8 Å². The first-order chi connectivity index (χ1) is 8.00. The minimum absolute atomic E-state index is 0.101. The van der Waals surface area contributed by atoms with Crippen LogP contribution in [0.25, 0.3) is 0 Å². The molecule has 5 heteroatoms. The Kier molecular flexibility index (Phi) is 4.93. The summed E-state index contributed by atoms with van der Waals surface area (Å²) in [5, 5.41) is 12.0. The van der Waals surface area contributed by atoms with Crippen LogP contribution >= 0.6 is 0 Å². The zero-order valence-corrected chi connectivity index (χ0v) is 10.4. The minimum atomic E-state index is -0.790. The van der Waals surface area contributed by atoms with Crippen molar-refractivity contribution in [2.24, 2.45) is 17.1 Å². The Morgan fingerprint density at radius 3 is 2.47 bits per heavy atom. The summed E-state index contributed by atoms with van der Waals surface area (Å²) >= 11 is 0. The maximum absolute atomic E-state index is 11.6. The second-order valence-electron chi connectivity index (χ2n) is 5.11.